The SMILES string of the molecule is COC(CC=O)C(C)CCC(C)C. The number of ether oxygens (including phenoxy) is 1. The van der Waals surface area contributed by atoms with Gasteiger partial charge in [0.15, 0.2) is 0 Å². The summed E-state index contributed by atoms with van der Waals surface area (Å²) in [4.78, 5) is 10.3. The van der Waals surface area contributed by atoms with Crippen molar-refractivity contribution in [3.8, 4) is 0 Å². The minimum absolute atomic E-state index is 0.108. The Labute approximate surface area is 81.7 Å². The summed E-state index contributed by atoms with van der Waals surface area (Å²) in [6.45, 7) is 6.59. The standard InChI is InChI=1S/C11H22O2/c1-9(2)5-6-10(3)11(13-4)7-8-12/h8-11H,5-7H2,1-4H3. The van der Waals surface area contributed by atoms with E-state index < -0.39 is 0 Å². The molecule has 2 heteroatoms. The van der Waals surface area contributed by atoms with E-state index in [-0.39, 0.29) is 6.10 Å². The number of hydrogen-bond acceptors (Lipinski definition) is 2. The first-order valence-electron chi connectivity index (χ1n) is 5.08. The van der Waals surface area contributed by atoms with Crippen LogP contribution in [-0.4, -0.2) is 19.5 Å². The van der Waals surface area contributed by atoms with Crippen LogP contribution in [0, 0.1) is 11.8 Å². The second-order valence-corrected chi connectivity index (χ2v) is 4.13. The minimum atomic E-state index is 0.108. The van der Waals surface area contributed by atoms with Crippen molar-refractivity contribution in [1.29, 1.82) is 0 Å². The van der Waals surface area contributed by atoms with Crippen LogP contribution >= 0.6 is 0 Å². The Morgan fingerprint density at radius 2 is 1.85 bits per heavy atom. The van der Waals surface area contributed by atoms with Gasteiger partial charge in [0.05, 0.1) is 6.10 Å². The van der Waals surface area contributed by atoms with E-state index in [0.29, 0.717) is 12.3 Å². The molecule has 0 aliphatic rings. The van der Waals surface area contributed by atoms with Gasteiger partial charge in [0.2, 0.25) is 0 Å². The van der Waals surface area contributed by atoms with Crippen molar-refractivity contribution in [2.24, 2.45) is 11.8 Å². The molecule has 0 aliphatic heterocycles. The molecule has 0 fully saturated rings. The molecule has 0 heterocycles. The van der Waals surface area contributed by atoms with Gasteiger partial charge in [-0.05, 0) is 18.3 Å². The van der Waals surface area contributed by atoms with Crippen molar-refractivity contribution < 1.29 is 9.53 Å². The highest BCUT2D eigenvalue weighted by atomic mass is 16.5. The molecular weight excluding hydrogens is 164 g/mol. The average Bonchev–Trinajstić information content (AvgIpc) is 2.10. The van der Waals surface area contributed by atoms with Crippen LogP contribution in [0.2, 0.25) is 0 Å². The van der Waals surface area contributed by atoms with Gasteiger partial charge in [-0.1, -0.05) is 27.2 Å². The Balaban J connectivity index is 3.76. The molecule has 0 radical (unpaired) electrons. The van der Waals surface area contributed by atoms with E-state index in [1.54, 1.807) is 7.11 Å². The van der Waals surface area contributed by atoms with E-state index in [4.69, 9.17) is 4.74 Å². The Morgan fingerprint density at radius 1 is 1.23 bits per heavy atom. The van der Waals surface area contributed by atoms with Crippen molar-refractivity contribution in [2.75, 3.05) is 7.11 Å². The van der Waals surface area contributed by atoms with Gasteiger partial charge in [-0.3, -0.25) is 0 Å². The van der Waals surface area contributed by atoms with E-state index in [0.717, 1.165) is 18.6 Å². The summed E-state index contributed by atoms with van der Waals surface area (Å²) in [6, 6.07) is 0. The average molecular weight is 186 g/mol. The van der Waals surface area contributed by atoms with Crippen molar-refractivity contribution >= 4 is 6.29 Å². The first kappa shape index (κ1) is 12.6. The number of rotatable bonds is 7. The summed E-state index contributed by atoms with van der Waals surface area (Å²) < 4.78 is 5.25. The van der Waals surface area contributed by atoms with Gasteiger partial charge in [-0.2, -0.15) is 0 Å². The smallest absolute Gasteiger partial charge is 0.122 e. The molecule has 0 amide bonds. The van der Waals surface area contributed by atoms with Gasteiger partial charge < -0.3 is 9.53 Å². The van der Waals surface area contributed by atoms with Crippen LogP contribution in [0.3, 0.4) is 0 Å². The van der Waals surface area contributed by atoms with Crippen molar-refractivity contribution in [3.63, 3.8) is 0 Å². The molecule has 0 aromatic carbocycles. The van der Waals surface area contributed by atoms with E-state index in [2.05, 4.69) is 20.8 Å². The summed E-state index contributed by atoms with van der Waals surface area (Å²) in [6.07, 6.45) is 3.93. The molecule has 2 atom stereocenters. The lowest BCUT2D eigenvalue weighted by molar-refractivity contribution is -0.110. The Bertz CT molecular complexity index is 132. The Kier molecular flexibility index (Phi) is 6.87. The molecule has 0 rings (SSSR count). The quantitative estimate of drug-likeness (QED) is 0.571. The van der Waals surface area contributed by atoms with E-state index >= 15 is 0 Å². The molecule has 78 valence electrons. The fourth-order valence-electron chi connectivity index (χ4n) is 1.44. The first-order chi connectivity index (χ1) is 6.11. The molecule has 0 saturated heterocycles. The normalized spacial score (nSPS) is 15.8. The highest BCUT2D eigenvalue weighted by Crippen LogP contribution is 2.18. The Hall–Kier alpha value is -0.370. The molecule has 0 aromatic rings. The zero-order chi connectivity index (χ0) is 10.3. The third-order valence-corrected chi connectivity index (χ3v) is 2.47. The van der Waals surface area contributed by atoms with Crippen LogP contribution in [0.25, 0.3) is 0 Å². The molecule has 2 unspecified atom stereocenters. The summed E-state index contributed by atoms with van der Waals surface area (Å²) in [5.74, 6) is 1.22. The molecule has 13 heavy (non-hydrogen) atoms. The van der Waals surface area contributed by atoms with E-state index in [1.807, 2.05) is 0 Å². The molecule has 0 bridgehead atoms. The zero-order valence-corrected chi connectivity index (χ0v) is 9.25. The molecule has 0 aliphatic carbocycles. The summed E-state index contributed by atoms with van der Waals surface area (Å²) >= 11 is 0. The molecule has 2 nitrogen and oxygen atoms in total. The number of hydrogen-bond donors (Lipinski definition) is 0. The van der Waals surface area contributed by atoms with Crippen LogP contribution < -0.4 is 0 Å². The zero-order valence-electron chi connectivity index (χ0n) is 9.25. The molecule has 0 saturated carbocycles. The summed E-state index contributed by atoms with van der Waals surface area (Å²) in [5.41, 5.74) is 0. The lowest BCUT2D eigenvalue weighted by Gasteiger charge is -2.21. The fourth-order valence-corrected chi connectivity index (χ4v) is 1.44. The van der Waals surface area contributed by atoms with Gasteiger partial charge in [0.1, 0.15) is 6.29 Å². The maximum atomic E-state index is 10.3. The van der Waals surface area contributed by atoms with Crippen LogP contribution in [0.5, 0.6) is 0 Å². The van der Waals surface area contributed by atoms with Gasteiger partial charge in [0, 0.05) is 13.5 Å². The van der Waals surface area contributed by atoms with Crippen LogP contribution in [0.4, 0.5) is 0 Å². The van der Waals surface area contributed by atoms with Crippen LogP contribution in [-0.2, 0) is 9.53 Å². The molecular formula is C11H22O2. The third kappa shape index (κ3) is 5.81. The molecule has 0 N–H and O–H groups in total. The highest BCUT2D eigenvalue weighted by Gasteiger charge is 2.15. The maximum Gasteiger partial charge on any atom is 0.122 e. The minimum Gasteiger partial charge on any atom is -0.381 e. The van der Waals surface area contributed by atoms with Gasteiger partial charge >= 0.3 is 0 Å². The van der Waals surface area contributed by atoms with Crippen LogP contribution in [0.15, 0.2) is 0 Å². The van der Waals surface area contributed by atoms with Crippen molar-refractivity contribution in [3.05, 3.63) is 0 Å². The molecule has 0 aromatic heterocycles. The number of carbonyl (C=O) groups excluding carboxylic acids is 1. The van der Waals surface area contributed by atoms with Gasteiger partial charge in [-0.25, -0.2) is 0 Å². The fraction of sp³-hybridized carbons (Fsp3) is 0.909. The third-order valence-electron chi connectivity index (χ3n) is 2.47. The second-order valence-electron chi connectivity index (χ2n) is 4.13. The van der Waals surface area contributed by atoms with Crippen molar-refractivity contribution in [1.82, 2.24) is 0 Å². The first-order valence-corrected chi connectivity index (χ1v) is 5.08. The van der Waals surface area contributed by atoms with Crippen LogP contribution in [0.1, 0.15) is 40.0 Å². The topological polar surface area (TPSA) is 26.3 Å². The van der Waals surface area contributed by atoms with Gasteiger partial charge in [0.25, 0.3) is 0 Å². The van der Waals surface area contributed by atoms with E-state index in [9.17, 15) is 4.79 Å². The maximum absolute atomic E-state index is 10.3. The Morgan fingerprint density at radius 3 is 2.23 bits per heavy atom. The molecule has 0 spiro atoms. The number of methoxy groups -OCH3 is 1. The predicted octanol–water partition coefficient (Wildman–Crippen LogP) is 2.66. The lowest BCUT2D eigenvalue weighted by atomic mass is 9.93. The summed E-state index contributed by atoms with van der Waals surface area (Å²) in [7, 11) is 1.68. The predicted molar refractivity (Wildman–Crippen MR) is 54.7 cm³/mol. The monoisotopic (exact) mass is 186 g/mol. The lowest BCUT2D eigenvalue weighted by Crippen LogP contribution is -2.21. The summed E-state index contributed by atoms with van der Waals surface area (Å²) in [5, 5.41) is 0. The van der Waals surface area contributed by atoms with Gasteiger partial charge in [-0.15, -0.1) is 0 Å². The number of aldehydes is 1. The van der Waals surface area contributed by atoms with Crippen molar-refractivity contribution in [2.45, 2.75) is 46.1 Å². The largest absolute Gasteiger partial charge is 0.381 e. The number of carbonyl (C=O) groups is 1. The highest BCUT2D eigenvalue weighted by molar-refractivity contribution is 5.50. The second kappa shape index (κ2) is 7.07. The van der Waals surface area contributed by atoms with E-state index in [1.165, 1.54) is 6.42 Å².